The van der Waals surface area contributed by atoms with Crippen LogP contribution in [0.2, 0.25) is 0 Å². The van der Waals surface area contributed by atoms with Crippen LogP contribution in [-0.2, 0) is 0 Å². The highest BCUT2D eigenvalue weighted by atomic mass is 32.2. The van der Waals surface area contributed by atoms with E-state index in [1.54, 1.807) is 0 Å². The van der Waals surface area contributed by atoms with Crippen molar-refractivity contribution >= 4 is 23.5 Å². The van der Waals surface area contributed by atoms with Crippen LogP contribution >= 0.6 is 23.5 Å². The molecule has 0 unspecified atom stereocenters. The molecule has 0 N–H and O–H groups in total. The van der Waals surface area contributed by atoms with Gasteiger partial charge in [-0.05, 0) is 12.3 Å². The van der Waals surface area contributed by atoms with Crippen molar-refractivity contribution in [2.24, 2.45) is 0 Å². The third-order valence-electron chi connectivity index (χ3n) is 0.766. The molecule has 0 spiro atoms. The van der Waals surface area contributed by atoms with Gasteiger partial charge in [0.1, 0.15) is 0 Å². The zero-order valence-corrected chi connectivity index (χ0v) is 5.94. The molecule has 0 aromatic heterocycles. The van der Waals surface area contributed by atoms with Gasteiger partial charge in [0, 0.05) is 10.8 Å². The van der Waals surface area contributed by atoms with Crippen LogP contribution in [0.3, 0.4) is 0 Å². The first-order chi connectivity index (χ1) is 3.39. The molecule has 40 valence electrons. The van der Waals surface area contributed by atoms with Crippen molar-refractivity contribution in [1.29, 1.82) is 0 Å². The summed E-state index contributed by atoms with van der Waals surface area (Å²) in [5.74, 6) is 1.24. The minimum Gasteiger partial charge on any atom is -0.146 e. The summed E-state index contributed by atoms with van der Waals surface area (Å²) >= 11 is 3.90. The minimum atomic E-state index is 1.24. The van der Waals surface area contributed by atoms with Gasteiger partial charge in [-0.25, -0.2) is 0 Å². The molecule has 1 rings (SSSR count). The number of rotatable bonds is 0. The van der Waals surface area contributed by atoms with Crippen LogP contribution < -0.4 is 0 Å². The highest BCUT2D eigenvalue weighted by molar-refractivity contribution is 8.18. The maximum atomic E-state index is 2.25. The van der Waals surface area contributed by atoms with Gasteiger partial charge in [0.05, 0.1) is 0 Å². The SMILES string of the molecule is CC1=CSCSC1. The first kappa shape index (κ1) is 5.57. The molecular weight excluding hydrogens is 124 g/mol. The van der Waals surface area contributed by atoms with E-state index >= 15 is 0 Å². The Morgan fingerprint density at radius 1 is 1.71 bits per heavy atom. The van der Waals surface area contributed by atoms with Crippen molar-refractivity contribution in [1.82, 2.24) is 0 Å². The molecule has 0 atom stereocenters. The molecule has 1 aliphatic rings. The molecular formula is C5H8S2. The average molecular weight is 132 g/mol. The summed E-state index contributed by atoms with van der Waals surface area (Å²) < 4.78 is 0. The first-order valence-corrected chi connectivity index (χ1v) is 4.45. The molecule has 0 fully saturated rings. The van der Waals surface area contributed by atoms with Gasteiger partial charge < -0.3 is 0 Å². The molecule has 0 aliphatic carbocycles. The second-order valence-corrected chi connectivity index (χ2v) is 3.81. The summed E-state index contributed by atoms with van der Waals surface area (Å²) in [5.41, 5.74) is 1.52. The topological polar surface area (TPSA) is 0 Å². The third-order valence-corrected chi connectivity index (χ3v) is 3.21. The Labute approximate surface area is 52.7 Å². The quantitative estimate of drug-likeness (QED) is 0.496. The molecule has 1 aliphatic heterocycles. The van der Waals surface area contributed by atoms with Crippen molar-refractivity contribution < 1.29 is 0 Å². The normalized spacial score (nSPS) is 21.6. The lowest BCUT2D eigenvalue weighted by Gasteiger charge is -2.05. The van der Waals surface area contributed by atoms with Crippen LogP contribution in [0, 0.1) is 0 Å². The fourth-order valence-electron chi connectivity index (χ4n) is 0.461. The van der Waals surface area contributed by atoms with E-state index < -0.39 is 0 Å². The summed E-state index contributed by atoms with van der Waals surface area (Å²) in [6.45, 7) is 2.18. The summed E-state index contributed by atoms with van der Waals surface area (Å²) in [6, 6.07) is 0. The van der Waals surface area contributed by atoms with E-state index in [-0.39, 0.29) is 0 Å². The fraction of sp³-hybridized carbons (Fsp3) is 0.600. The summed E-state index contributed by atoms with van der Waals surface area (Å²) in [7, 11) is 0. The van der Waals surface area contributed by atoms with Gasteiger partial charge in [0.2, 0.25) is 0 Å². The lowest BCUT2D eigenvalue weighted by Crippen LogP contribution is -1.85. The van der Waals surface area contributed by atoms with Crippen molar-refractivity contribution in [2.45, 2.75) is 6.92 Å². The van der Waals surface area contributed by atoms with E-state index in [1.807, 2.05) is 23.5 Å². The molecule has 0 amide bonds. The van der Waals surface area contributed by atoms with E-state index in [1.165, 1.54) is 16.4 Å². The van der Waals surface area contributed by atoms with E-state index in [4.69, 9.17) is 0 Å². The molecule has 0 saturated heterocycles. The zero-order valence-electron chi connectivity index (χ0n) is 4.31. The second-order valence-electron chi connectivity index (χ2n) is 1.60. The predicted molar refractivity (Wildman–Crippen MR) is 38.7 cm³/mol. The second kappa shape index (κ2) is 2.68. The van der Waals surface area contributed by atoms with E-state index in [0.717, 1.165) is 0 Å². The number of hydrogen-bond donors (Lipinski definition) is 0. The van der Waals surface area contributed by atoms with Gasteiger partial charge in [0.25, 0.3) is 0 Å². The molecule has 2 heteroatoms. The van der Waals surface area contributed by atoms with Crippen molar-refractivity contribution in [3.63, 3.8) is 0 Å². The molecule has 1 heterocycles. The van der Waals surface area contributed by atoms with E-state index in [9.17, 15) is 0 Å². The lowest BCUT2D eigenvalue weighted by atomic mass is 10.4. The first-order valence-electron chi connectivity index (χ1n) is 2.24. The van der Waals surface area contributed by atoms with Gasteiger partial charge >= 0.3 is 0 Å². The number of thioether (sulfide) groups is 2. The molecule has 0 radical (unpaired) electrons. The molecule has 0 saturated carbocycles. The Hall–Kier alpha value is 0.440. The molecule has 0 bridgehead atoms. The van der Waals surface area contributed by atoms with Crippen LogP contribution in [0.15, 0.2) is 11.0 Å². The standard InChI is InChI=1S/C5H8S2/c1-5-2-6-4-7-3-5/h2H,3-4H2,1H3. The van der Waals surface area contributed by atoms with E-state index in [2.05, 4.69) is 12.3 Å². The minimum absolute atomic E-state index is 1.24. The van der Waals surface area contributed by atoms with Crippen LogP contribution in [0.5, 0.6) is 0 Å². The highest BCUT2D eigenvalue weighted by Gasteiger charge is 1.95. The average Bonchev–Trinajstić information content (AvgIpc) is 1.69. The van der Waals surface area contributed by atoms with Crippen LogP contribution in [0.4, 0.5) is 0 Å². The highest BCUT2D eigenvalue weighted by Crippen LogP contribution is 2.23. The Balaban J connectivity index is 2.40. The van der Waals surface area contributed by atoms with Crippen LogP contribution in [0.1, 0.15) is 6.92 Å². The zero-order chi connectivity index (χ0) is 5.11. The molecule has 7 heavy (non-hydrogen) atoms. The van der Waals surface area contributed by atoms with Crippen molar-refractivity contribution in [3.05, 3.63) is 11.0 Å². The smallest absolute Gasteiger partial charge is 0.0436 e. The van der Waals surface area contributed by atoms with Gasteiger partial charge in [-0.1, -0.05) is 5.57 Å². The number of hydrogen-bond acceptors (Lipinski definition) is 2. The fourth-order valence-corrected chi connectivity index (χ4v) is 2.33. The van der Waals surface area contributed by atoms with Crippen molar-refractivity contribution in [3.8, 4) is 0 Å². The molecule has 0 aromatic rings. The van der Waals surface area contributed by atoms with Crippen LogP contribution in [0.25, 0.3) is 0 Å². The Kier molecular flexibility index (Phi) is 2.13. The lowest BCUT2D eigenvalue weighted by molar-refractivity contribution is 1.43. The predicted octanol–water partition coefficient (Wildman–Crippen LogP) is 2.33. The van der Waals surface area contributed by atoms with Gasteiger partial charge in [0.15, 0.2) is 0 Å². The molecule has 0 aromatic carbocycles. The van der Waals surface area contributed by atoms with Crippen molar-refractivity contribution in [2.75, 3.05) is 10.8 Å². The van der Waals surface area contributed by atoms with Gasteiger partial charge in [-0.3, -0.25) is 0 Å². The van der Waals surface area contributed by atoms with Crippen LogP contribution in [-0.4, -0.2) is 10.8 Å². The van der Waals surface area contributed by atoms with E-state index in [0.29, 0.717) is 0 Å². The van der Waals surface area contributed by atoms with Gasteiger partial charge in [-0.15, -0.1) is 23.5 Å². The maximum absolute atomic E-state index is 2.25. The third kappa shape index (κ3) is 1.78. The Bertz CT molecular complexity index is 86.1. The summed E-state index contributed by atoms with van der Waals surface area (Å²) in [6.07, 6.45) is 0. The summed E-state index contributed by atoms with van der Waals surface area (Å²) in [5, 5.41) is 3.49. The monoisotopic (exact) mass is 132 g/mol. The Morgan fingerprint density at radius 2 is 2.57 bits per heavy atom. The maximum Gasteiger partial charge on any atom is 0.0436 e. The largest absolute Gasteiger partial charge is 0.146 e. The molecule has 0 nitrogen and oxygen atoms in total. The Morgan fingerprint density at radius 3 is 2.86 bits per heavy atom. The van der Waals surface area contributed by atoms with Gasteiger partial charge in [-0.2, -0.15) is 0 Å². The summed E-state index contributed by atoms with van der Waals surface area (Å²) in [4.78, 5) is 0.